The van der Waals surface area contributed by atoms with Gasteiger partial charge in [0.2, 0.25) is 11.8 Å². The van der Waals surface area contributed by atoms with Crippen LogP contribution >= 0.6 is 0 Å². The molecule has 0 radical (unpaired) electrons. The number of hydrogen-bond donors (Lipinski definition) is 2. The molecule has 1 aromatic heterocycles. The molecule has 1 saturated heterocycles. The Bertz CT molecular complexity index is 702. The summed E-state index contributed by atoms with van der Waals surface area (Å²) in [6.45, 7) is 1.30. The highest BCUT2D eigenvalue weighted by atomic mass is 19.1. The van der Waals surface area contributed by atoms with E-state index in [2.05, 4.69) is 15.6 Å². The normalized spacial score (nSPS) is 16.8. The Labute approximate surface area is 140 Å². The lowest BCUT2D eigenvalue weighted by molar-refractivity contribution is -0.121. The van der Waals surface area contributed by atoms with Gasteiger partial charge in [0.25, 0.3) is 0 Å². The maximum Gasteiger partial charge on any atom is 0.224 e. The molecule has 126 valence electrons. The molecule has 2 aromatic rings. The predicted octanol–water partition coefficient (Wildman–Crippen LogP) is 2.77. The molecule has 2 heterocycles. The van der Waals surface area contributed by atoms with E-state index in [4.69, 9.17) is 4.74 Å². The van der Waals surface area contributed by atoms with Crippen LogP contribution in [0.25, 0.3) is 0 Å². The van der Waals surface area contributed by atoms with Crippen LogP contribution in [0.3, 0.4) is 0 Å². The van der Waals surface area contributed by atoms with Crippen LogP contribution in [0.4, 0.5) is 4.39 Å². The third kappa shape index (κ3) is 4.52. The average molecular weight is 329 g/mol. The van der Waals surface area contributed by atoms with Gasteiger partial charge in [-0.25, -0.2) is 9.37 Å². The number of nitrogens with one attached hydrogen (secondary N) is 2. The van der Waals surface area contributed by atoms with Gasteiger partial charge in [-0.3, -0.25) is 4.79 Å². The molecule has 5 nitrogen and oxygen atoms in total. The molecule has 0 spiro atoms. The van der Waals surface area contributed by atoms with Crippen LogP contribution in [0.15, 0.2) is 42.6 Å². The van der Waals surface area contributed by atoms with Crippen molar-refractivity contribution in [3.8, 4) is 11.6 Å². The summed E-state index contributed by atoms with van der Waals surface area (Å²) < 4.78 is 18.9. The molecule has 1 aromatic carbocycles. The SMILES string of the molecule is O=C(CC1CCCN1)NCc1cccnc1Oc1cccc(F)c1. The zero-order valence-corrected chi connectivity index (χ0v) is 13.3. The Morgan fingerprint density at radius 1 is 1.38 bits per heavy atom. The number of aromatic nitrogens is 1. The van der Waals surface area contributed by atoms with Crippen LogP contribution in [0.5, 0.6) is 11.6 Å². The molecule has 0 bridgehead atoms. The van der Waals surface area contributed by atoms with E-state index in [0.717, 1.165) is 24.9 Å². The summed E-state index contributed by atoms with van der Waals surface area (Å²) >= 11 is 0. The summed E-state index contributed by atoms with van der Waals surface area (Å²) in [6.07, 6.45) is 4.23. The van der Waals surface area contributed by atoms with Crippen LogP contribution in [-0.4, -0.2) is 23.5 Å². The van der Waals surface area contributed by atoms with Crippen molar-refractivity contribution in [3.63, 3.8) is 0 Å². The quantitative estimate of drug-likeness (QED) is 0.855. The van der Waals surface area contributed by atoms with Gasteiger partial charge in [0.1, 0.15) is 11.6 Å². The summed E-state index contributed by atoms with van der Waals surface area (Å²) in [5.74, 6) is 0.358. The summed E-state index contributed by atoms with van der Waals surface area (Å²) in [4.78, 5) is 16.2. The van der Waals surface area contributed by atoms with Crippen molar-refractivity contribution in [2.75, 3.05) is 6.54 Å². The van der Waals surface area contributed by atoms with Crippen molar-refractivity contribution in [2.45, 2.75) is 31.8 Å². The van der Waals surface area contributed by atoms with Gasteiger partial charge in [-0.1, -0.05) is 12.1 Å². The lowest BCUT2D eigenvalue weighted by Crippen LogP contribution is -2.31. The number of ether oxygens (including phenoxy) is 1. The van der Waals surface area contributed by atoms with Crippen LogP contribution < -0.4 is 15.4 Å². The second-order valence-electron chi connectivity index (χ2n) is 5.80. The number of nitrogens with zero attached hydrogens (tertiary/aromatic N) is 1. The van der Waals surface area contributed by atoms with E-state index in [-0.39, 0.29) is 17.8 Å². The summed E-state index contributed by atoms with van der Waals surface area (Å²) in [6, 6.07) is 9.75. The first-order chi connectivity index (χ1) is 11.7. The first-order valence-electron chi connectivity index (χ1n) is 8.08. The number of hydrogen-bond acceptors (Lipinski definition) is 4. The second-order valence-corrected chi connectivity index (χ2v) is 5.80. The van der Waals surface area contributed by atoms with Gasteiger partial charge in [0.15, 0.2) is 0 Å². The van der Waals surface area contributed by atoms with Crippen molar-refractivity contribution in [2.24, 2.45) is 0 Å². The second kappa shape index (κ2) is 7.88. The Kier molecular flexibility index (Phi) is 5.38. The van der Waals surface area contributed by atoms with Crippen molar-refractivity contribution < 1.29 is 13.9 Å². The third-order valence-corrected chi connectivity index (χ3v) is 3.93. The highest BCUT2D eigenvalue weighted by molar-refractivity contribution is 5.76. The molecule has 3 rings (SSSR count). The predicted molar refractivity (Wildman–Crippen MR) is 88.2 cm³/mol. The average Bonchev–Trinajstić information content (AvgIpc) is 3.07. The standard InChI is InChI=1S/C18H20FN3O2/c19-14-5-1-7-16(10-14)24-18-13(4-2-9-21-18)12-22-17(23)11-15-6-3-8-20-15/h1-2,4-5,7,9-10,15,20H,3,6,8,11-12H2,(H,22,23). The number of carbonyl (C=O) groups is 1. The summed E-state index contributed by atoms with van der Waals surface area (Å²) in [7, 11) is 0. The fourth-order valence-corrected chi connectivity index (χ4v) is 2.71. The number of amides is 1. The number of halogens is 1. The Morgan fingerprint density at radius 2 is 2.29 bits per heavy atom. The number of benzene rings is 1. The minimum absolute atomic E-state index is 0.00467. The zero-order valence-electron chi connectivity index (χ0n) is 13.3. The lowest BCUT2D eigenvalue weighted by atomic mass is 10.1. The molecule has 0 saturated carbocycles. The molecule has 1 fully saturated rings. The molecule has 0 aliphatic carbocycles. The van der Waals surface area contributed by atoms with E-state index in [1.165, 1.54) is 12.1 Å². The van der Waals surface area contributed by atoms with E-state index < -0.39 is 0 Å². The highest BCUT2D eigenvalue weighted by Gasteiger charge is 2.17. The van der Waals surface area contributed by atoms with Crippen LogP contribution in [0.2, 0.25) is 0 Å². The first kappa shape index (κ1) is 16.4. The lowest BCUT2D eigenvalue weighted by Gasteiger charge is -2.12. The zero-order chi connectivity index (χ0) is 16.8. The van der Waals surface area contributed by atoms with Crippen molar-refractivity contribution in [3.05, 3.63) is 54.0 Å². The van der Waals surface area contributed by atoms with Crippen molar-refractivity contribution in [1.82, 2.24) is 15.6 Å². The van der Waals surface area contributed by atoms with Crippen molar-refractivity contribution >= 4 is 5.91 Å². The first-order valence-corrected chi connectivity index (χ1v) is 8.08. The van der Waals surface area contributed by atoms with Gasteiger partial charge in [-0.05, 0) is 37.6 Å². The Morgan fingerprint density at radius 3 is 3.08 bits per heavy atom. The van der Waals surface area contributed by atoms with Crippen LogP contribution in [-0.2, 0) is 11.3 Å². The minimum atomic E-state index is -0.373. The molecule has 24 heavy (non-hydrogen) atoms. The van der Waals surface area contributed by atoms with Gasteiger partial charge >= 0.3 is 0 Å². The largest absolute Gasteiger partial charge is 0.439 e. The molecule has 1 aliphatic heterocycles. The fraction of sp³-hybridized carbons (Fsp3) is 0.333. The highest BCUT2D eigenvalue weighted by Crippen LogP contribution is 2.23. The third-order valence-electron chi connectivity index (χ3n) is 3.93. The van der Waals surface area contributed by atoms with Gasteiger partial charge < -0.3 is 15.4 Å². The van der Waals surface area contributed by atoms with E-state index in [0.29, 0.717) is 24.6 Å². The van der Waals surface area contributed by atoms with Crippen LogP contribution in [0, 0.1) is 5.82 Å². The van der Waals surface area contributed by atoms with E-state index in [1.54, 1.807) is 24.4 Å². The van der Waals surface area contributed by atoms with Gasteiger partial charge in [0, 0.05) is 36.8 Å². The number of pyridine rings is 1. The molecule has 1 amide bonds. The molecule has 1 unspecified atom stereocenters. The summed E-state index contributed by atoms with van der Waals surface area (Å²) in [5, 5.41) is 6.19. The van der Waals surface area contributed by atoms with E-state index >= 15 is 0 Å². The maximum absolute atomic E-state index is 13.3. The maximum atomic E-state index is 13.3. The number of carbonyl (C=O) groups excluding carboxylic acids is 1. The number of rotatable bonds is 6. The van der Waals surface area contributed by atoms with E-state index in [1.807, 2.05) is 6.07 Å². The van der Waals surface area contributed by atoms with Crippen LogP contribution in [0.1, 0.15) is 24.8 Å². The minimum Gasteiger partial charge on any atom is -0.439 e. The van der Waals surface area contributed by atoms with Crippen molar-refractivity contribution in [1.29, 1.82) is 0 Å². The smallest absolute Gasteiger partial charge is 0.224 e. The van der Waals surface area contributed by atoms with Gasteiger partial charge in [-0.15, -0.1) is 0 Å². The molecular formula is C18H20FN3O2. The topological polar surface area (TPSA) is 63.2 Å². The van der Waals surface area contributed by atoms with E-state index in [9.17, 15) is 9.18 Å². The fourth-order valence-electron chi connectivity index (χ4n) is 2.71. The monoisotopic (exact) mass is 329 g/mol. The molecule has 6 heteroatoms. The van der Waals surface area contributed by atoms with Gasteiger partial charge in [0.05, 0.1) is 0 Å². The summed E-state index contributed by atoms with van der Waals surface area (Å²) in [5.41, 5.74) is 0.745. The van der Waals surface area contributed by atoms with Gasteiger partial charge in [-0.2, -0.15) is 0 Å². The Hall–Kier alpha value is -2.47. The molecular weight excluding hydrogens is 309 g/mol. The Balaban J connectivity index is 1.60. The molecule has 1 atom stereocenters. The molecule has 1 aliphatic rings. The molecule has 2 N–H and O–H groups in total.